The van der Waals surface area contributed by atoms with E-state index in [9.17, 15) is 18.0 Å². The fourth-order valence-electron chi connectivity index (χ4n) is 4.70. The van der Waals surface area contributed by atoms with Crippen LogP contribution in [0.2, 0.25) is 0 Å². The van der Waals surface area contributed by atoms with Crippen molar-refractivity contribution in [3.63, 3.8) is 0 Å². The minimum atomic E-state index is -4.48. The third kappa shape index (κ3) is 6.43. The second-order valence-electron chi connectivity index (χ2n) is 10.5. The first-order valence-corrected chi connectivity index (χ1v) is 12.0. The van der Waals surface area contributed by atoms with Crippen LogP contribution in [0.4, 0.5) is 13.2 Å². The second kappa shape index (κ2) is 11.2. The van der Waals surface area contributed by atoms with Gasteiger partial charge in [0, 0.05) is 41.8 Å². The number of likely N-dealkylation sites (tertiary alicyclic amines) is 1. The van der Waals surface area contributed by atoms with Crippen molar-refractivity contribution in [2.75, 3.05) is 13.1 Å². The quantitative estimate of drug-likeness (QED) is 0.352. The van der Waals surface area contributed by atoms with Gasteiger partial charge in [-0.3, -0.25) is 14.1 Å². The van der Waals surface area contributed by atoms with Crippen LogP contribution in [-0.4, -0.2) is 61.2 Å². The summed E-state index contributed by atoms with van der Waals surface area (Å²) in [6.07, 6.45) is -2.54. The molecule has 1 aromatic carbocycles. The number of amides is 1. The summed E-state index contributed by atoms with van der Waals surface area (Å²) in [4.78, 5) is 18.7. The Morgan fingerprint density at radius 1 is 1.08 bits per heavy atom. The molecule has 2 atom stereocenters. The van der Waals surface area contributed by atoms with E-state index in [0.29, 0.717) is 34.7 Å². The lowest BCUT2D eigenvalue weighted by Gasteiger charge is -2.30. The summed E-state index contributed by atoms with van der Waals surface area (Å²) in [6, 6.07) is 9.68. The molecule has 0 aliphatic carbocycles. The van der Waals surface area contributed by atoms with Crippen molar-refractivity contribution < 1.29 is 18.0 Å². The number of nitrogens with zero attached hydrogens (tertiary/aromatic N) is 5. The number of carbonyl (C=O) groups excluding carboxylic acids is 1. The molecule has 0 saturated carbocycles. The molecule has 0 spiro atoms. The summed E-state index contributed by atoms with van der Waals surface area (Å²) in [5, 5.41) is 12.1. The molecule has 39 heavy (non-hydrogen) atoms. The van der Waals surface area contributed by atoms with Gasteiger partial charge >= 0.3 is 6.18 Å². The monoisotopic (exact) mass is 583 g/mol. The topological polar surface area (TPSA) is 101 Å². The number of benzene rings is 1. The van der Waals surface area contributed by atoms with Crippen molar-refractivity contribution in [1.82, 2.24) is 29.8 Å². The molecule has 0 radical (unpaired) electrons. The zero-order valence-electron chi connectivity index (χ0n) is 21.6. The Kier molecular flexibility index (Phi) is 8.81. The summed E-state index contributed by atoms with van der Waals surface area (Å²) >= 11 is 0. The lowest BCUT2D eigenvalue weighted by Crippen LogP contribution is -2.40. The summed E-state index contributed by atoms with van der Waals surface area (Å²) < 4.78 is 44.0. The Morgan fingerprint density at radius 3 is 2.44 bits per heavy atom. The van der Waals surface area contributed by atoms with E-state index in [1.807, 2.05) is 26.8 Å². The molecule has 1 amide bonds. The Hall–Kier alpha value is -2.99. The number of rotatable bonds is 4. The van der Waals surface area contributed by atoms with Crippen LogP contribution in [0.1, 0.15) is 49.2 Å². The SMILES string of the molecule is CC(C)(C)NC(=O)c1ccc2ccc(-c3nnc4ccc([C@@H](N5CC[C@H](N)C5)C(F)(F)F)cn34)nc2c1.Cl.Cl. The van der Waals surface area contributed by atoms with E-state index in [1.165, 1.54) is 27.6 Å². The first kappa shape index (κ1) is 30.6. The first-order valence-electron chi connectivity index (χ1n) is 12.0. The van der Waals surface area contributed by atoms with E-state index >= 15 is 0 Å². The van der Waals surface area contributed by atoms with Gasteiger partial charge in [0.25, 0.3) is 5.91 Å². The van der Waals surface area contributed by atoms with Gasteiger partial charge in [0.15, 0.2) is 11.5 Å². The van der Waals surface area contributed by atoms with Crippen molar-refractivity contribution in [3.05, 3.63) is 59.8 Å². The number of hydrogen-bond donors (Lipinski definition) is 2. The summed E-state index contributed by atoms with van der Waals surface area (Å²) in [5.74, 6) is 0.0846. The zero-order valence-corrected chi connectivity index (χ0v) is 23.2. The molecular weight excluding hydrogens is 554 g/mol. The summed E-state index contributed by atoms with van der Waals surface area (Å²) in [6.45, 7) is 6.14. The molecule has 4 heterocycles. The molecule has 1 aliphatic rings. The van der Waals surface area contributed by atoms with Gasteiger partial charge in [0.2, 0.25) is 0 Å². The fourth-order valence-corrected chi connectivity index (χ4v) is 4.70. The molecule has 4 aromatic rings. The van der Waals surface area contributed by atoms with Crippen molar-refractivity contribution in [2.24, 2.45) is 5.73 Å². The lowest BCUT2D eigenvalue weighted by atomic mass is 10.1. The normalized spacial score (nSPS) is 17.1. The third-order valence-electron chi connectivity index (χ3n) is 6.34. The van der Waals surface area contributed by atoms with Crippen molar-refractivity contribution in [1.29, 1.82) is 0 Å². The number of nitrogens with one attached hydrogen (secondary N) is 1. The minimum absolute atomic E-state index is 0. The molecule has 13 heteroatoms. The number of halogens is 5. The van der Waals surface area contributed by atoms with Crippen LogP contribution in [0.3, 0.4) is 0 Å². The molecule has 210 valence electrons. The van der Waals surface area contributed by atoms with Crippen molar-refractivity contribution in [3.8, 4) is 11.5 Å². The molecule has 0 bridgehead atoms. The van der Waals surface area contributed by atoms with Crippen LogP contribution >= 0.6 is 24.8 Å². The average molecular weight is 584 g/mol. The van der Waals surface area contributed by atoms with Gasteiger partial charge in [0.05, 0.1) is 5.52 Å². The third-order valence-corrected chi connectivity index (χ3v) is 6.34. The van der Waals surface area contributed by atoms with Crippen LogP contribution in [0.25, 0.3) is 28.1 Å². The van der Waals surface area contributed by atoms with E-state index in [1.54, 1.807) is 24.3 Å². The Morgan fingerprint density at radius 2 is 1.79 bits per heavy atom. The second-order valence-corrected chi connectivity index (χ2v) is 10.5. The maximum atomic E-state index is 14.1. The molecule has 3 aromatic heterocycles. The predicted molar refractivity (Wildman–Crippen MR) is 148 cm³/mol. The standard InChI is InChI=1S/C26H28F3N7O.2ClH/c1-25(2,3)32-24(37)16-5-4-15-6-8-19(31-20(15)12-16)23-34-33-21-9-7-17(13-36(21)23)22(26(27,28)29)35-11-10-18(30)14-35;;/h4-9,12-13,18,22H,10-11,14,30H2,1-3H3,(H,32,37);2*1H/t18-,22+;;/m0../s1. The number of alkyl halides is 3. The fraction of sp³-hybridized carbons (Fsp3) is 0.385. The van der Waals surface area contributed by atoms with Crippen LogP contribution in [0.15, 0.2) is 48.7 Å². The van der Waals surface area contributed by atoms with Gasteiger partial charge in [-0.1, -0.05) is 18.2 Å². The number of carbonyl (C=O) groups is 1. The van der Waals surface area contributed by atoms with Gasteiger partial charge in [-0.25, -0.2) is 4.98 Å². The average Bonchev–Trinajstić information content (AvgIpc) is 3.42. The van der Waals surface area contributed by atoms with E-state index in [4.69, 9.17) is 5.73 Å². The van der Waals surface area contributed by atoms with Crippen LogP contribution in [-0.2, 0) is 0 Å². The van der Waals surface area contributed by atoms with Crippen LogP contribution < -0.4 is 11.1 Å². The van der Waals surface area contributed by atoms with E-state index in [2.05, 4.69) is 20.5 Å². The van der Waals surface area contributed by atoms with Crippen molar-refractivity contribution >= 4 is 47.3 Å². The maximum Gasteiger partial charge on any atom is 0.408 e. The van der Waals surface area contributed by atoms with Gasteiger partial charge in [0.1, 0.15) is 11.7 Å². The highest BCUT2D eigenvalue weighted by molar-refractivity contribution is 5.98. The summed E-state index contributed by atoms with van der Waals surface area (Å²) in [7, 11) is 0. The highest BCUT2D eigenvalue weighted by atomic mass is 35.5. The predicted octanol–water partition coefficient (Wildman–Crippen LogP) is 4.95. The highest BCUT2D eigenvalue weighted by Crippen LogP contribution is 2.39. The summed E-state index contributed by atoms with van der Waals surface area (Å²) in [5.41, 5.74) is 7.43. The van der Waals surface area contributed by atoms with E-state index in [0.717, 1.165) is 5.39 Å². The van der Waals surface area contributed by atoms with Gasteiger partial charge in [-0.05, 0) is 57.0 Å². The Balaban J connectivity index is 0.00000210. The first-order chi connectivity index (χ1) is 17.4. The number of fused-ring (bicyclic) bond motifs is 2. The molecule has 1 fully saturated rings. The van der Waals surface area contributed by atoms with Gasteiger partial charge in [-0.15, -0.1) is 35.0 Å². The molecule has 1 aliphatic heterocycles. The Labute approximate surface area is 236 Å². The highest BCUT2D eigenvalue weighted by Gasteiger charge is 2.46. The smallest absolute Gasteiger partial charge is 0.347 e. The van der Waals surface area contributed by atoms with E-state index < -0.39 is 17.8 Å². The molecule has 8 nitrogen and oxygen atoms in total. The number of aromatic nitrogens is 4. The van der Waals surface area contributed by atoms with Crippen LogP contribution in [0.5, 0.6) is 0 Å². The lowest BCUT2D eigenvalue weighted by molar-refractivity contribution is -0.183. The molecule has 0 unspecified atom stereocenters. The number of nitrogens with two attached hydrogens (primary N) is 1. The molecule has 3 N–H and O–H groups in total. The van der Waals surface area contributed by atoms with Crippen LogP contribution in [0, 0.1) is 0 Å². The Bertz CT molecular complexity index is 1490. The van der Waals surface area contributed by atoms with Gasteiger partial charge < -0.3 is 11.1 Å². The molecular formula is C26H30Cl2F3N7O. The number of pyridine rings is 2. The van der Waals surface area contributed by atoms with Crippen molar-refractivity contribution in [2.45, 2.75) is 51.0 Å². The number of hydrogen-bond acceptors (Lipinski definition) is 6. The van der Waals surface area contributed by atoms with Gasteiger partial charge in [-0.2, -0.15) is 13.2 Å². The minimum Gasteiger partial charge on any atom is -0.347 e. The largest absolute Gasteiger partial charge is 0.408 e. The zero-order chi connectivity index (χ0) is 26.5. The molecule has 1 saturated heterocycles. The van der Waals surface area contributed by atoms with E-state index in [-0.39, 0.29) is 55.4 Å². The maximum absolute atomic E-state index is 14.1. The molecule has 5 rings (SSSR count).